The molecular formula is C9H19NO2S. The van der Waals surface area contributed by atoms with Crippen LogP contribution < -0.4 is 5.32 Å². The molecule has 0 aromatic carbocycles. The van der Waals surface area contributed by atoms with E-state index in [-0.39, 0.29) is 5.75 Å². The van der Waals surface area contributed by atoms with Crippen molar-refractivity contribution >= 4 is 9.84 Å². The van der Waals surface area contributed by atoms with E-state index >= 15 is 0 Å². The van der Waals surface area contributed by atoms with Gasteiger partial charge in [-0.2, -0.15) is 0 Å². The molecular weight excluding hydrogens is 186 g/mol. The molecule has 0 unspecified atom stereocenters. The summed E-state index contributed by atoms with van der Waals surface area (Å²) in [6, 6.07) is 0. The van der Waals surface area contributed by atoms with Crippen LogP contribution in [-0.4, -0.2) is 33.0 Å². The van der Waals surface area contributed by atoms with Gasteiger partial charge >= 0.3 is 0 Å². The van der Waals surface area contributed by atoms with Crippen LogP contribution in [0.3, 0.4) is 0 Å². The molecule has 0 aliphatic carbocycles. The summed E-state index contributed by atoms with van der Waals surface area (Å²) in [7, 11) is -2.82. The topological polar surface area (TPSA) is 46.2 Å². The van der Waals surface area contributed by atoms with Gasteiger partial charge in [0.25, 0.3) is 0 Å². The van der Waals surface area contributed by atoms with Gasteiger partial charge < -0.3 is 5.32 Å². The minimum absolute atomic E-state index is 0.237. The highest BCUT2D eigenvalue weighted by Crippen LogP contribution is 1.95. The highest BCUT2D eigenvalue weighted by molar-refractivity contribution is 7.91. The van der Waals surface area contributed by atoms with E-state index in [1.807, 2.05) is 6.92 Å². The average Bonchev–Trinajstić information content (AvgIpc) is 2.09. The van der Waals surface area contributed by atoms with Crippen molar-refractivity contribution in [3.8, 4) is 0 Å². The number of rotatable bonds is 8. The minimum atomic E-state index is -2.82. The zero-order chi connectivity index (χ0) is 10.2. The number of unbranched alkanes of at least 4 members (excludes halogenated alkanes) is 1. The molecule has 0 aromatic rings. The van der Waals surface area contributed by atoms with Crippen LogP contribution in [-0.2, 0) is 9.84 Å². The fraction of sp³-hybridized carbons (Fsp3) is 0.778. The summed E-state index contributed by atoms with van der Waals surface area (Å²) in [6.07, 6.45) is 3.42. The molecule has 78 valence electrons. The van der Waals surface area contributed by atoms with E-state index in [0.717, 1.165) is 12.8 Å². The maximum Gasteiger partial charge on any atom is 0.151 e. The van der Waals surface area contributed by atoms with Gasteiger partial charge in [0.05, 0.1) is 11.5 Å². The van der Waals surface area contributed by atoms with E-state index < -0.39 is 9.84 Å². The third-order valence-corrected chi connectivity index (χ3v) is 3.42. The lowest BCUT2D eigenvalue weighted by Crippen LogP contribution is -2.24. The van der Waals surface area contributed by atoms with Crippen LogP contribution in [0.25, 0.3) is 0 Å². The second kappa shape index (κ2) is 7.09. The second-order valence-electron chi connectivity index (χ2n) is 3.00. The molecule has 0 radical (unpaired) electrons. The molecule has 0 saturated heterocycles. The number of hydrogen-bond acceptors (Lipinski definition) is 3. The summed E-state index contributed by atoms with van der Waals surface area (Å²) >= 11 is 0. The Morgan fingerprint density at radius 2 is 2.08 bits per heavy atom. The quantitative estimate of drug-likeness (QED) is 0.474. The lowest BCUT2D eigenvalue weighted by Gasteiger charge is -2.03. The first-order chi connectivity index (χ1) is 6.12. The molecule has 0 fully saturated rings. The van der Waals surface area contributed by atoms with Crippen molar-refractivity contribution in [3.05, 3.63) is 12.7 Å². The Hall–Kier alpha value is -0.350. The van der Waals surface area contributed by atoms with Crippen LogP contribution >= 0.6 is 0 Å². The van der Waals surface area contributed by atoms with Gasteiger partial charge in [0.2, 0.25) is 0 Å². The second-order valence-corrected chi connectivity index (χ2v) is 5.30. The first kappa shape index (κ1) is 12.7. The summed E-state index contributed by atoms with van der Waals surface area (Å²) in [6.45, 7) is 6.72. The molecule has 0 bridgehead atoms. The molecule has 0 spiro atoms. The van der Waals surface area contributed by atoms with E-state index in [1.54, 1.807) is 6.08 Å². The molecule has 0 aliphatic heterocycles. The van der Waals surface area contributed by atoms with Gasteiger partial charge in [-0.25, -0.2) is 8.42 Å². The van der Waals surface area contributed by atoms with Crippen molar-refractivity contribution in [2.24, 2.45) is 0 Å². The molecule has 3 nitrogen and oxygen atoms in total. The summed E-state index contributed by atoms with van der Waals surface area (Å²) in [5, 5.41) is 2.97. The Labute approximate surface area is 81.1 Å². The Kier molecular flexibility index (Phi) is 6.90. The van der Waals surface area contributed by atoms with Gasteiger partial charge in [0, 0.05) is 13.1 Å². The first-order valence-electron chi connectivity index (χ1n) is 4.64. The largest absolute Gasteiger partial charge is 0.312 e. The molecule has 4 heteroatoms. The molecule has 1 N–H and O–H groups in total. The van der Waals surface area contributed by atoms with Gasteiger partial charge in [0.15, 0.2) is 9.84 Å². The summed E-state index contributed by atoms with van der Waals surface area (Å²) in [5.74, 6) is 0.556. The lowest BCUT2D eigenvalue weighted by molar-refractivity contribution is 0.589. The maximum atomic E-state index is 11.3. The van der Waals surface area contributed by atoms with E-state index in [1.165, 1.54) is 0 Å². The van der Waals surface area contributed by atoms with Gasteiger partial charge in [-0.3, -0.25) is 0 Å². The Balaban J connectivity index is 3.57. The van der Waals surface area contributed by atoms with Crippen LogP contribution in [0.5, 0.6) is 0 Å². The predicted octanol–water partition coefficient (Wildman–Crippen LogP) is 0.977. The molecule has 0 rings (SSSR count). The fourth-order valence-corrected chi connectivity index (χ4v) is 2.29. The predicted molar refractivity (Wildman–Crippen MR) is 56.6 cm³/mol. The molecule has 0 amide bonds. The van der Waals surface area contributed by atoms with Gasteiger partial charge in [-0.15, -0.1) is 6.58 Å². The third kappa shape index (κ3) is 7.99. The zero-order valence-corrected chi connectivity index (χ0v) is 9.07. The molecule has 0 aromatic heterocycles. The van der Waals surface area contributed by atoms with E-state index in [9.17, 15) is 8.42 Å². The highest BCUT2D eigenvalue weighted by atomic mass is 32.2. The van der Waals surface area contributed by atoms with Crippen molar-refractivity contribution in [1.82, 2.24) is 5.32 Å². The molecule has 13 heavy (non-hydrogen) atoms. The first-order valence-corrected chi connectivity index (χ1v) is 6.46. The Bertz CT molecular complexity index is 222. The number of hydrogen-bond donors (Lipinski definition) is 1. The lowest BCUT2D eigenvalue weighted by atomic mass is 10.4. The monoisotopic (exact) mass is 205 g/mol. The summed E-state index contributed by atoms with van der Waals surface area (Å²) in [5.41, 5.74) is 0. The van der Waals surface area contributed by atoms with E-state index in [4.69, 9.17) is 0 Å². The standard InChI is InChI=1S/C9H19NO2S/c1-3-5-8-13(11,12)9-7-10-6-4-2/h4,10H,2-3,5-9H2,1H3. The zero-order valence-electron chi connectivity index (χ0n) is 8.25. The average molecular weight is 205 g/mol. The van der Waals surface area contributed by atoms with Gasteiger partial charge in [-0.05, 0) is 6.42 Å². The Morgan fingerprint density at radius 1 is 1.38 bits per heavy atom. The SMILES string of the molecule is C=CCNCCS(=O)(=O)CCCC. The Morgan fingerprint density at radius 3 is 2.62 bits per heavy atom. The molecule has 0 aliphatic rings. The van der Waals surface area contributed by atoms with E-state index in [2.05, 4.69) is 11.9 Å². The van der Waals surface area contributed by atoms with Crippen molar-refractivity contribution in [2.45, 2.75) is 19.8 Å². The smallest absolute Gasteiger partial charge is 0.151 e. The van der Waals surface area contributed by atoms with Crippen LogP contribution in [0.2, 0.25) is 0 Å². The molecule has 0 atom stereocenters. The van der Waals surface area contributed by atoms with Crippen molar-refractivity contribution < 1.29 is 8.42 Å². The number of nitrogens with one attached hydrogen (secondary N) is 1. The normalized spacial score (nSPS) is 11.5. The van der Waals surface area contributed by atoms with Crippen LogP contribution in [0, 0.1) is 0 Å². The van der Waals surface area contributed by atoms with E-state index in [0.29, 0.717) is 18.8 Å². The molecule has 0 saturated carbocycles. The third-order valence-electron chi connectivity index (χ3n) is 1.69. The maximum absolute atomic E-state index is 11.3. The fourth-order valence-electron chi connectivity index (χ4n) is 0.898. The van der Waals surface area contributed by atoms with Crippen LogP contribution in [0.4, 0.5) is 0 Å². The number of sulfone groups is 1. The minimum Gasteiger partial charge on any atom is -0.312 e. The van der Waals surface area contributed by atoms with Gasteiger partial charge in [-0.1, -0.05) is 19.4 Å². The van der Waals surface area contributed by atoms with Crippen molar-refractivity contribution in [3.63, 3.8) is 0 Å². The van der Waals surface area contributed by atoms with Crippen molar-refractivity contribution in [1.29, 1.82) is 0 Å². The van der Waals surface area contributed by atoms with Crippen LogP contribution in [0.15, 0.2) is 12.7 Å². The van der Waals surface area contributed by atoms with Gasteiger partial charge in [0.1, 0.15) is 0 Å². The summed E-state index contributed by atoms with van der Waals surface area (Å²) in [4.78, 5) is 0. The van der Waals surface area contributed by atoms with Crippen molar-refractivity contribution in [2.75, 3.05) is 24.6 Å². The molecule has 0 heterocycles. The summed E-state index contributed by atoms with van der Waals surface area (Å²) < 4.78 is 22.6. The highest BCUT2D eigenvalue weighted by Gasteiger charge is 2.08. The van der Waals surface area contributed by atoms with Crippen LogP contribution in [0.1, 0.15) is 19.8 Å².